The highest BCUT2D eigenvalue weighted by Gasteiger charge is 2.28. The zero-order chi connectivity index (χ0) is 20.4. The molecule has 2 atom stereocenters. The Kier molecular flexibility index (Phi) is 9.64. The molecule has 0 spiro atoms. The Hall–Kier alpha value is -2.28. The van der Waals surface area contributed by atoms with Gasteiger partial charge < -0.3 is 25.2 Å². The molecule has 0 aliphatic heterocycles. The summed E-state index contributed by atoms with van der Waals surface area (Å²) in [6, 6.07) is 5.11. The number of hydrogen-bond acceptors (Lipinski definition) is 4. The quantitative estimate of drug-likeness (QED) is 0.541. The monoisotopic (exact) mass is 380 g/mol. The fourth-order valence-electron chi connectivity index (χ4n) is 3.24. The van der Waals surface area contributed by atoms with Crippen molar-refractivity contribution in [2.45, 2.75) is 52.0 Å². The molecule has 0 saturated heterocycles. The van der Waals surface area contributed by atoms with Crippen LogP contribution in [-0.4, -0.2) is 54.9 Å². The molecule has 7 nitrogen and oxygen atoms in total. The highest BCUT2D eigenvalue weighted by atomic mass is 16.5. The molecule has 0 aromatic heterocycles. The van der Waals surface area contributed by atoms with Crippen LogP contribution in [0, 0.1) is 0 Å². The Morgan fingerprint density at radius 1 is 1.26 bits per heavy atom. The summed E-state index contributed by atoms with van der Waals surface area (Å²) in [4.78, 5) is 24.9. The van der Waals surface area contributed by atoms with E-state index in [1.54, 1.807) is 19.2 Å². The largest absolute Gasteiger partial charge is 0.493 e. The highest BCUT2D eigenvalue weighted by molar-refractivity contribution is 5.95. The van der Waals surface area contributed by atoms with Crippen molar-refractivity contribution < 1.29 is 24.2 Å². The fraction of sp³-hybridized carbons (Fsp3) is 0.600. The van der Waals surface area contributed by atoms with Gasteiger partial charge in [0.1, 0.15) is 5.75 Å². The maximum Gasteiger partial charge on any atom is 0.407 e. The van der Waals surface area contributed by atoms with Gasteiger partial charge in [-0.2, -0.15) is 0 Å². The van der Waals surface area contributed by atoms with Crippen molar-refractivity contribution in [3.05, 3.63) is 29.3 Å². The van der Waals surface area contributed by atoms with Gasteiger partial charge in [0.25, 0.3) is 5.91 Å². The number of nitrogens with two attached hydrogens (primary N) is 1. The Morgan fingerprint density at radius 2 is 1.96 bits per heavy atom. The predicted molar refractivity (Wildman–Crippen MR) is 104 cm³/mol. The molecule has 0 aliphatic carbocycles. The van der Waals surface area contributed by atoms with Crippen LogP contribution < -0.4 is 10.5 Å². The van der Waals surface area contributed by atoms with E-state index in [2.05, 4.69) is 0 Å². The van der Waals surface area contributed by atoms with Crippen LogP contribution in [0.5, 0.6) is 5.75 Å². The first kappa shape index (κ1) is 22.8. The molecule has 0 saturated carbocycles. The molecule has 27 heavy (non-hydrogen) atoms. The molecule has 2 unspecified atom stereocenters. The third-order valence-corrected chi connectivity index (χ3v) is 4.65. The maximum absolute atomic E-state index is 11.7. The average molecular weight is 380 g/mol. The van der Waals surface area contributed by atoms with Crippen molar-refractivity contribution in [1.29, 1.82) is 0 Å². The van der Waals surface area contributed by atoms with Gasteiger partial charge in [-0.1, -0.05) is 26.8 Å². The van der Waals surface area contributed by atoms with Crippen LogP contribution in [0.25, 0.3) is 0 Å². The summed E-state index contributed by atoms with van der Waals surface area (Å²) in [5.74, 6) is -0.183. The summed E-state index contributed by atoms with van der Waals surface area (Å²) in [5, 5.41) is 9.57. The minimum absolute atomic E-state index is 0.0547. The van der Waals surface area contributed by atoms with Crippen molar-refractivity contribution >= 4 is 12.0 Å². The minimum atomic E-state index is -0.916. The summed E-state index contributed by atoms with van der Waals surface area (Å²) in [5.41, 5.74) is 6.69. The highest BCUT2D eigenvalue weighted by Crippen LogP contribution is 2.30. The second kappa shape index (κ2) is 11.4. The van der Waals surface area contributed by atoms with E-state index in [9.17, 15) is 14.7 Å². The van der Waals surface area contributed by atoms with Crippen LogP contribution in [0.1, 0.15) is 61.9 Å². The molecule has 0 fully saturated rings. The van der Waals surface area contributed by atoms with Gasteiger partial charge in [0, 0.05) is 38.6 Å². The summed E-state index contributed by atoms with van der Waals surface area (Å²) in [7, 11) is 1.62. The predicted octanol–water partition coefficient (Wildman–Crippen LogP) is 3.47. The topological polar surface area (TPSA) is 102 Å². The van der Waals surface area contributed by atoms with Crippen molar-refractivity contribution in [3.8, 4) is 5.75 Å². The molecule has 0 bridgehead atoms. The van der Waals surface area contributed by atoms with E-state index in [1.807, 2.05) is 26.8 Å². The molecular formula is C20H32N2O5. The van der Waals surface area contributed by atoms with Crippen LogP contribution in [0.15, 0.2) is 18.2 Å². The first-order chi connectivity index (χ1) is 12.9. The fourth-order valence-corrected chi connectivity index (χ4v) is 3.24. The van der Waals surface area contributed by atoms with Crippen LogP contribution in [0.2, 0.25) is 0 Å². The number of nitrogens with zero attached hydrogens (tertiary/aromatic N) is 1. The lowest BCUT2D eigenvalue weighted by Crippen LogP contribution is -2.42. The zero-order valence-electron chi connectivity index (χ0n) is 16.7. The normalized spacial score (nSPS) is 13.0. The lowest BCUT2D eigenvalue weighted by Gasteiger charge is -2.33. The minimum Gasteiger partial charge on any atom is -0.493 e. The number of ether oxygens (including phenoxy) is 2. The number of benzene rings is 1. The Bertz CT molecular complexity index is 620. The Balaban J connectivity index is 3.11. The number of carbonyl (C=O) groups excluding carboxylic acids is 1. The number of rotatable bonds is 12. The van der Waals surface area contributed by atoms with Gasteiger partial charge in [0.05, 0.1) is 12.2 Å². The number of methoxy groups -OCH3 is 1. The van der Waals surface area contributed by atoms with Gasteiger partial charge in [-0.15, -0.1) is 0 Å². The molecule has 1 aromatic carbocycles. The van der Waals surface area contributed by atoms with E-state index in [1.165, 1.54) is 4.90 Å². The lowest BCUT2D eigenvalue weighted by molar-refractivity contribution is 0.0995. The van der Waals surface area contributed by atoms with Crippen molar-refractivity contribution in [2.24, 2.45) is 5.73 Å². The third kappa shape index (κ3) is 6.43. The summed E-state index contributed by atoms with van der Waals surface area (Å²) < 4.78 is 10.8. The maximum atomic E-state index is 11.7. The third-order valence-electron chi connectivity index (χ3n) is 4.65. The molecule has 3 N–H and O–H groups in total. The van der Waals surface area contributed by atoms with Crippen molar-refractivity contribution in [2.75, 3.05) is 26.9 Å². The van der Waals surface area contributed by atoms with Crippen LogP contribution in [0.4, 0.5) is 4.79 Å². The molecule has 152 valence electrons. The van der Waals surface area contributed by atoms with E-state index in [-0.39, 0.29) is 12.0 Å². The van der Waals surface area contributed by atoms with Gasteiger partial charge in [0.15, 0.2) is 0 Å². The Labute approximate surface area is 161 Å². The van der Waals surface area contributed by atoms with E-state index in [4.69, 9.17) is 15.2 Å². The van der Waals surface area contributed by atoms with Crippen LogP contribution in [-0.2, 0) is 4.74 Å². The van der Waals surface area contributed by atoms with E-state index >= 15 is 0 Å². The first-order valence-electron chi connectivity index (χ1n) is 9.42. The van der Waals surface area contributed by atoms with Gasteiger partial charge in [0.2, 0.25) is 0 Å². The molecule has 0 radical (unpaired) electrons. The Morgan fingerprint density at radius 3 is 2.48 bits per heavy atom. The van der Waals surface area contributed by atoms with Crippen molar-refractivity contribution in [1.82, 2.24) is 4.90 Å². The van der Waals surface area contributed by atoms with Crippen LogP contribution >= 0.6 is 0 Å². The van der Waals surface area contributed by atoms with E-state index < -0.39 is 12.0 Å². The number of primary amides is 1. The average Bonchev–Trinajstić information content (AvgIpc) is 2.64. The number of amides is 2. The zero-order valence-corrected chi connectivity index (χ0v) is 16.7. The van der Waals surface area contributed by atoms with Crippen LogP contribution in [0.3, 0.4) is 0 Å². The van der Waals surface area contributed by atoms with Gasteiger partial charge >= 0.3 is 6.09 Å². The van der Waals surface area contributed by atoms with Gasteiger partial charge in [-0.05, 0) is 30.5 Å². The first-order valence-corrected chi connectivity index (χ1v) is 9.42. The summed E-state index contributed by atoms with van der Waals surface area (Å²) >= 11 is 0. The standard InChI is InChI=1S/C20H32N2O5/c1-5-10-22(20(24)25)17(6-2)14(3)15-8-9-16(19(21)23)18(13-15)27-12-7-11-26-4/h8-9,13-14,17H,5-7,10-12H2,1-4H3,(H2,21,23)(H,24,25). The molecule has 1 rings (SSSR count). The second-order valence-electron chi connectivity index (χ2n) is 6.55. The number of hydrogen-bond donors (Lipinski definition) is 2. The molecule has 7 heteroatoms. The SMILES string of the molecule is CCCN(C(=O)O)C(CC)C(C)c1ccc(C(N)=O)c(OCCCOC)c1. The summed E-state index contributed by atoms with van der Waals surface area (Å²) in [6.07, 6.45) is 1.22. The lowest BCUT2D eigenvalue weighted by atomic mass is 9.89. The van der Waals surface area contributed by atoms with E-state index in [0.29, 0.717) is 43.9 Å². The summed E-state index contributed by atoms with van der Waals surface area (Å²) in [6.45, 7) is 7.38. The molecule has 1 aromatic rings. The van der Waals surface area contributed by atoms with E-state index in [0.717, 1.165) is 12.0 Å². The number of carboxylic acid groups (broad SMARTS) is 1. The molecule has 0 heterocycles. The smallest absolute Gasteiger partial charge is 0.407 e. The second-order valence-corrected chi connectivity index (χ2v) is 6.55. The molecule has 2 amide bonds. The van der Waals surface area contributed by atoms with Gasteiger partial charge in [-0.3, -0.25) is 4.79 Å². The molecular weight excluding hydrogens is 348 g/mol. The van der Waals surface area contributed by atoms with Crippen molar-refractivity contribution in [3.63, 3.8) is 0 Å². The van der Waals surface area contributed by atoms with Gasteiger partial charge in [-0.25, -0.2) is 4.79 Å². The number of carbonyl (C=O) groups is 2. The molecule has 0 aliphatic rings.